The van der Waals surface area contributed by atoms with Gasteiger partial charge in [-0.1, -0.05) is 41.5 Å². The van der Waals surface area contributed by atoms with Crippen molar-refractivity contribution >= 4 is 17.6 Å². The topological polar surface area (TPSA) is 97.2 Å². The monoisotopic (exact) mass is 405 g/mol. The quantitative estimate of drug-likeness (QED) is 0.813. The van der Waals surface area contributed by atoms with Gasteiger partial charge in [0.15, 0.2) is 5.82 Å². The highest BCUT2D eigenvalue weighted by Crippen LogP contribution is 2.23. The molecule has 0 unspecified atom stereocenters. The Labute approximate surface area is 173 Å². The third-order valence-electron chi connectivity index (χ3n) is 5.24. The molecule has 29 heavy (non-hydrogen) atoms. The number of piperidine rings is 1. The van der Waals surface area contributed by atoms with Gasteiger partial charge in [-0.15, -0.1) is 10.2 Å². The van der Waals surface area contributed by atoms with Gasteiger partial charge in [0.25, 0.3) is 0 Å². The van der Waals surface area contributed by atoms with Crippen molar-refractivity contribution in [2.75, 3.05) is 13.1 Å². The van der Waals surface area contributed by atoms with E-state index in [2.05, 4.69) is 15.5 Å². The van der Waals surface area contributed by atoms with E-state index in [4.69, 9.17) is 0 Å². The highest BCUT2D eigenvalue weighted by atomic mass is 16.2. The molecule has 2 aliphatic heterocycles. The summed E-state index contributed by atoms with van der Waals surface area (Å²) >= 11 is 0. The number of aromatic nitrogens is 3. The van der Waals surface area contributed by atoms with Crippen molar-refractivity contribution in [2.45, 2.75) is 73.9 Å². The molecule has 0 spiro atoms. The second-order valence-corrected chi connectivity index (χ2v) is 9.92. The van der Waals surface area contributed by atoms with E-state index in [1.54, 1.807) is 6.33 Å². The van der Waals surface area contributed by atoms with Crippen LogP contribution in [0.1, 0.15) is 66.6 Å². The molecule has 3 heterocycles. The van der Waals surface area contributed by atoms with Crippen molar-refractivity contribution in [1.82, 2.24) is 25.0 Å². The maximum atomic E-state index is 12.0. The van der Waals surface area contributed by atoms with E-state index in [9.17, 15) is 14.4 Å². The zero-order chi connectivity index (χ0) is 21.8. The Hall–Kier alpha value is -2.25. The summed E-state index contributed by atoms with van der Waals surface area (Å²) in [6, 6.07) is 0. The molecule has 0 radical (unpaired) electrons. The maximum Gasteiger partial charge on any atom is 0.228 e. The first-order valence-corrected chi connectivity index (χ1v) is 10.4. The van der Waals surface area contributed by atoms with Crippen LogP contribution in [0.4, 0.5) is 0 Å². The molecule has 1 saturated heterocycles. The van der Waals surface area contributed by atoms with Crippen LogP contribution in [0.25, 0.3) is 0 Å². The number of hydrogen-bond acceptors (Lipinski definition) is 5. The van der Waals surface area contributed by atoms with Crippen LogP contribution in [0.3, 0.4) is 0 Å². The minimum atomic E-state index is -0.322. The van der Waals surface area contributed by atoms with Crippen LogP contribution in [0.2, 0.25) is 0 Å². The van der Waals surface area contributed by atoms with Crippen LogP contribution < -0.4 is 5.32 Å². The van der Waals surface area contributed by atoms with Crippen molar-refractivity contribution in [3.63, 3.8) is 0 Å². The second-order valence-electron chi connectivity index (χ2n) is 9.92. The second kappa shape index (κ2) is 9.05. The number of amides is 2. The van der Waals surface area contributed by atoms with Crippen LogP contribution in [0, 0.1) is 16.7 Å². The molecule has 8 nitrogen and oxygen atoms in total. The van der Waals surface area contributed by atoms with E-state index in [1.807, 2.05) is 51.0 Å². The van der Waals surface area contributed by atoms with E-state index >= 15 is 0 Å². The lowest BCUT2D eigenvalue weighted by molar-refractivity contribution is -0.141. The summed E-state index contributed by atoms with van der Waals surface area (Å²) in [5.41, 5.74) is -0.639. The number of nitrogens with one attached hydrogen (secondary N) is 1. The van der Waals surface area contributed by atoms with Gasteiger partial charge in [-0.3, -0.25) is 14.4 Å². The molecule has 1 atom stereocenters. The Bertz CT molecular complexity index is 742. The fraction of sp³-hybridized carbons (Fsp3) is 0.762. The SMILES string of the molecule is CC(C)(C)C(=O)C[C@H]1CCCNC1=O.CC(C)(C)C(=O)N1CCn2cnnc2C1. The van der Waals surface area contributed by atoms with Gasteiger partial charge in [-0.25, -0.2) is 0 Å². The number of nitrogens with zero attached hydrogens (tertiary/aromatic N) is 4. The Kier molecular flexibility index (Phi) is 7.19. The summed E-state index contributed by atoms with van der Waals surface area (Å²) in [5, 5.41) is 10.6. The largest absolute Gasteiger partial charge is 0.356 e. The van der Waals surface area contributed by atoms with E-state index in [-0.39, 0.29) is 34.3 Å². The average Bonchev–Trinajstić information content (AvgIpc) is 3.09. The highest BCUT2D eigenvalue weighted by molar-refractivity contribution is 5.89. The molecule has 0 aromatic carbocycles. The van der Waals surface area contributed by atoms with Crippen LogP contribution in [0.15, 0.2) is 6.33 Å². The molecule has 1 N–H and O–H groups in total. The van der Waals surface area contributed by atoms with Gasteiger partial charge in [0.1, 0.15) is 12.1 Å². The Morgan fingerprint density at radius 3 is 2.41 bits per heavy atom. The molecule has 1 aromatic heterocycles. The molecular weight excluding hydrogens is 370 g/mol. The van der Waals surface area contributed by atoms with Gasteiger partial charge < -0.3 is 14.8 Å². The van der Waals surface area contributed by atoms with E-state index in [1.165, 1.54) is 0 Å². The summed E-state index contributed by atoms with van der Waals surface area (Å²) in [5.74, 6) is 1.19. The Morgan fingerprint density at radius 1 is 1.14 bits per heavy atom. The smallest absolute Gasteiger partial charge is 0.228 e. The van der Waals surface area contributed by atoms with Gasteiger partial charge in [0.2, 0.25) is 11.8 Å². The number of carbonyl (C=O) groups excluding carboxylic acids is 3. The number of Topliss-reactive ketones (excluding diaryl/α,β-unsaturated/α-hetero) is 1. The predicted octanol–water partition coefficient (Wildman–Crippen LogP) is 2.18. The molecule has 0 aliphatic carbocycles. The van der Waals surface area contributed by atoms with Crippen LogP contribution in [-0.2, 0) is 27.5 Å². The Morgan fingerprint density at radius 2 is 1.83 bits per heavy atom. The molecule has 1 fully saturated rings. The van der Waals surface area contributed by atoms with Gasteiger partial charge >= 0.3 is 0 Å². The van der Waals surface area contributed by atoms with Gasteiger partial charge in [0, 0.05) is 42.8 Å². The average molecular weight is 406 g/mol. The summed E-state index contributed by atoms with van der Waals surface area (Å²) in [4.78, 5) is 37.0. The summed E-state index contributed by atoms with van der Waals surface area (Å²) < 4.78 is 1.99. The minimum Gasteiger partial charge on any atom is -0.356 e. The van der Waals surface area contributed by atoms with Gasteiger partial charge in [-0.05, 0) is 12.8 Å². The standard InChI is InChI=1S/C11H19NO2.C10H16N4O/c1-11(2,3)9(13)7-8-5-4-6-12-10(8)14;1-10(2,3)9(15)13-4-5-14-7-11-12-8(14)6-13/h8H,4-7H2,1-3H3,(H,12,14);7H,4-6H2,1-3H3/t8-;/m1./s1. The van der Waals surface area contributed by atoms with Crippen LogP contribution in [-0.4, -0.2) is 50.4 Å². The maximum absolute atomic E-state index is 12.0. The fourth-order valence-electron chi connectivity index (χ4n) is 3.27. The number of carbonyl (C=O) groups is 3. The molecule has 0 bridgehead atoms. The van der Waals surface area contributed by atoms with E-state index in [0.717, 1.165) is 38.3 Å². The molecule has 162 valence electrons. The zero-order valence-corrected chi connectivity index (χ0v) is 18.6. The summed E-state index contributed by atoms with van der Waals surface area (Å²) in [6.07, 6.45) is 3.96. The lowest BCUT2D eigenvalue weighted by atomic mass is 9.83. The van der Waals surface area contributed by atoms with Crippen LogP contribution in [0.5, 0.6) is 0 Å². The van der Waals surface area contributed by atoms with Gasteiger partial charge in [0.05, 0.1) is 6.54 Å². The van der Waals surface area contributed by atoms with Crippen LogP contribution >= 0.6 is 0 Å². The van der Waals surface area contributed by atoms with Crippen molar-refractivity contribution in [3.05, 3.63) is 12.2 Å². The number of fused-ring (bicyclic) bond motifs is 1. The minimum absolute atomic E-state index is 0.0499. The molecule has 2 amide bonds. The normalized spacial score (nSPS) is 19.6. The molecule has 3 rings (SSSR count). The number of rotatable bonds is 2. The van der Waals surface area contributed by atoms with E-state index in [0.29, 0.717) is 13.0 Å². The predicted molar refractivity (Wildman–Crippen MR) is 110 cm³/mol. The number of ketones is 1. The molecule has 8 heteroatoms. The molecule has 0 saturated carbocycles. The lowest BCUT2D eigenvalue weighted by Gasteiger charge is -2.32. The summed E-state index contributed by atoms with van der Waals surface area (Å²) in [6.45, 7) is 14.4. The highest BCUT2D eigenvalue weighted by Gasteiger charge is 2.30. The van der Waals surface area contributed by atoms with Crippen molar-refractivity contribution < 1.29 is 14.4 Å². The number of hydrogen-bond donors (Lipinski definition) is 1. The van der Waals surface area contributed by atoms with Gasteiger partial charge in [-0.2, -0.15) is 0 Å². The van der Waals surface area contributed by atoms with E-state index < -0.39 is 0 Å². The third kappa shape index (κ3) is 6.37. The first-order valence-electron chi connectivity index (χ1n) is 10.4. The molecule has 1 aromatic rings. The summed E-state index contributed by atoms with van der Waals surface area (Å²) in [7, 11) is 0. The third-order valence-corrected chi connectivity index (χ3v) is 5.24. The Balaban J connectivity index is 0.000000208. The first-order chi connectivity index (χ1) is 13.4. The fourth-order valence-corrected chi connectivity index (χ4v) is 3.27. The molecular formula is C21H35N5O3. The molecule has 2 aliphatic rings. The first kappa shape index (κ1) is 23.0. The zero-order valence-electron chi connectivity index (χ0n) is 18.6. The van der Waals surface area contributed by atoms with Crippen molar-refractivity contribution in [3.8, 4) is 0 Å². The van der Waals surface area contributed by atoms with Crippen molar-refractivity contribution in [1.29, 1.82) is 0 Å². The van der Waals surface area contributed by atoms with Crippen molar-refractivity contribution in [2.24, 2.45) is 16.7 Å². The lowest BCUT2D eigenvalue weighted by Crippen LogP contribution is -2.43.